The van der Waals surface area contributed by atoms with E-state index in [1.165, 1.54) is 83.5 Å². The van der Waals surface area contributed by atoms with Crippen molar-refractivity contribution in [2.24, 2.45) is 0 Å². The summed E-state index contributed by atoms with van der Waals surface area (Å²) in [5.74, 6) is -0.662. The maximum atomic E-state index is 10.3. The minimum Gasteiger partial charge on any atom is -0.481 e. The first-order valence-corrected chi connectivity index (χ1v) is 13.9. The van der Waals surface area contributed by atoms with Crippen molar-refractivity contribution in [2.75, 3.05) is 0 Å². The van der Waals surface area contributed by atoms with Gasteiger partial charge in [-0.1, -0.05) is 120 Å². The van der Waals surface area contributed by atoms with Crippen LogP contribution in [0.4, 0.5) is 0 Å². The predicted octanol–water partition coefficient (Wildman–Crippen LogP) is 9.93. The van der Waals surface area contributed by atoms with Crippen molar-refractivity contribution in [3.8, 4) is 0 Å². The second-order valence-corrected chi connectivity index (χ2v) is 8.84. The normalized spacial score (nSPS) is 11.6. The lowest BCUT2D eigenvalue weighted by Gasteiger charge is -2.00. The van der Waals surface area contributed by atoms with E-state index in [0.29, 0.717) is 6.42 Å². The molecule has 0 rings (SSSR count). The monoisotopic (exact) mass is 474 g/mol. The van der Waals surface area contributed by atoms with E-state index in [1.807, 2.05) is 25.2 Å². The van der Waals surface area contributed by atoms with E-state index in [0.717, 1.165) is 38.4 Å². The molecule has 0 atom stereocenters. The molecule has 0 spiro atoms. The number of carboxylic acids is 1. The van der Waals surface area contributed by atoms with Crippen LogP contribution < -0.4 is 0 Å². The molecule has 0 heterocycles. The second kappa shape index (κ2) is 33.3. The van der Waals surface area contributed by atoms with Crippen LogP contribution in [0.3, 0.4) is 0 Å². The zero-order valence-corrected chi connectivity index (χ0v) is 22.4. The molecule has 34 heavy (non-hydrogen) atoms. The molecule has 0 aromatic rings. The highest BCUT2D eigenvalue weighted by molar-refractivity contribution is 5.66. The fraction of sp³-hybridized carbons (Fsp3) is 0.677. The standard InChI is InChI=1S/C16H26O.C15H28O2/c1-2-3-4-5-6-7-8-9-10-11-12-13-14-15-16-17;1-2-3-4-5-6-7-8-9-10-11-12-13-14-15(16)17/h2-7,16H,8-15H2,1H3;3-4H,2,5-14H2,1H3,(H,16,17)/b3-2-,5-4+,7-6+;4-3-. The molecule has 0 radical (unpaired) electrons. The highest BCUT2D eigenvalue weighted by atomic mass is 16.4. The van der Waals surface area contributed by atoms with Crippen LogP contribution in [0.15, 0.2) is 48.6 Å². The van der Waals surface area contributed by atoms with Crippen molar-refractivity contribution in [3.63, 3.8) is 0 Å². The second-order valence-electron chi connectivity index (χ2n) is 8.84. The van der Waals surface area contributed by atoms with Crippen molar-refractivity contribution in [1.82, 2.24) is 0 Å². The van der Waals surface area contributed by atoms with Crippen molar-refractivity contribution in [1.29, 1.82) is 0 Å². The molecule has 0 aromatic carbocycles. The van der Waals surface area contributed by atoms with Crippen LogP contribution >= 0.6 is 0 Å². The summed E-state index contributed by atoms with van der Waals surface area (Å²) in [5.41, 5.74) is 0. The van der Waals surface area contributed by atoms with E-state index < -0.39 is 5.97 Å². The van der Waals surface area contributed by atoms with Crippen LogP contribution in [0.2, 0.25) is 0 Å². The van der Waals surface area contributed by atoms with Crippen molar-refractivity contribution >= 4 is 12.3 Å². The Labute approximate surface area is 211 Å². The number of carbonyl (C=O) groups is 2. The van der Waals surface area contributed by atoms with Gasteiger partial charge in [0.1, 0.15) is 6.29 Å². The van der Waals surface area contributed by atoms with Gasteiger partial charge >= 0.3 is 5.97 Å². The summed E-state index contributed by atoms with van der Waals surface area (Å²) >= 11 is 0. The highest BCUT2D eigenvalue weighted by Crippen LogP contribution is 2.11. The van der Waals surface area contributed by atoms with Gasteiger partial charge in [0.2, 0.25) is 0 Å². The van der Waals surface area contributed by atoms with Crippen molar-refractivity contribution in [3.05, 3.63) is 48.6 Å². The maximum absolute atomic E-state index is 10.3. The summed E-state index contributed by atoms with van der Waals surface area (Å²) in [7, 11) is 0. The molecular weight excluding hydrogens is 420 g/mol. The Morgan fingerprint density at radius 3 is 1.56 bits per heavy atom. The molecule has 0 saturated heterocycles. The molecule has 0 bridgehead atoms. The Hall–Kier alpha value is -1.90. The number of hydrogen-bond donors (Lipinski definition) is 1. The van der Waals surface area contributed by atoms with Gasteiger partial charge in [0.25, 0.3) is 0 Å². The highest BCUT2D eigenvalue weighted by Gasteiger charge is 1.96. The third-order valence-corrected chi connectivity index (χ3v) is 5.52. The number of rotatable bonds is 23. The number of carbonyl (C=O) groups excluding carboxylic acids is 1. The number of aliphatic carboxylic acids is 1. The van der Waals surface area contributed by atoms with Gasteiger partial charge in [-0.15, -0.1) is 0 Å². The van der Waals surface area contributed by atoms with Gasteiger partial charge in [-0.3, -0.25) is 4.79 Å². The molecule has 0 unspecified atom stereocenters. The Kier molecular flexibility index (Phi) is 33.5. The molecule has 3 heteroatoms. The quantitative estimate of drug-likeness (QED) is 0.0693. The average Bonchev–Trinajstić information content (AvgIpc) is 2.83. The summed E-state index contributed by atoms with van der Waals surface area (Å²) in [6.07, 6.45) is 39.8. The molecule has 0 aliphatic carbocycles. The molecule has 0 fully saturated rings. The molecule has 0 aliphatic rings. The number of hydrogen-bond acceptors (Lipinski definition) is 2. The van der Waals surface area contributed by atoms with Gasteiger partial charge < -0.3 is 9.90 Å². The Morgan fingerprint density at radius 1 is 0.588 bits per heavy atom. The Bertz CT molecular complexity index is 529. The van der Waals surface area contributed by atoms with Gasteiger partial charge in [0.05, 0.1) is 0 Å². The molecule has 196 valence electrons. The molecular formula is C31H54O3. The number of unbranched alkanes of at least 4 members (excludes halogenated alkanes) is 15. The van der Waals surface area contributed by atoms with Crippen LogP contribution in [-0.2, 0) is 9.59 Å². The summed E-state index contributed by atoms with van der Waals surface area (Å²) in [4.78, 5) is 20.4. The average molecular weight is 475 g/mol. The number of allylic oxidation sites excluding steroid dienone is 8. The van der Waals surface area contributed by atoms with E-state index >= 15 is 0 Å². The van der Waals surface area contributed by atoms with Crippen molar-refractivity contribution in [2.45, 2.75) is 136 Å². The van der Waals surface area contributed by atoms with E-state index in [9.17, 15) is 9.59 Å². The van der Waals surface area contributed by atoms with Crippen LogP contribution in [0, 0.1) is 0 Å². The SMILES string of the molecule is CC/C=C\CCCCCCCCCCC(=O)O.C\C=C/C=C/C=C/CCCCCCCCC=O. The van der Waals surface area contributed by atoms with Crippen LogP contribution in [0.1, 0.15) is 136 Å². The van der Waals surface area contributed by atoms with Crippen LogP contribution in [0.5, 0.6) is 0 Å². The summed E-state index contributed by atoms with van der Waals surface area (Å²) in [6.45, 7) is 4.18. The van der Waals surface area contributed by atoms with E-state index in [4.69, 9.17) is 5.11 Å². The topological polar surface area (TPSA) is 54.4 Å². The summed E-state index contributed by atoms with van der Waals surface area (Å²) in [5, 5.41) is 8.47. The first-order valence-electron chi connectivity index (χ1n) is 13.9. The van der Waals surface area contributed by atoms with E-state index in [2.05, 4.69) is 37.3 Å². The Morgan fingerprint density at radius 2 is 1.06 bits per heavy atom. The smallest absolute Gasteiger partial charge is 0.303 e. The van der Waals surface area contributed by atoms with Gasteiger partial charge in [-0.05, 0) is 51.9 Å². The lowest BCUT2D eigenvalue weighted by Crippen LogP contribution is -1.93. The van der Waals surface area contributed by atoms with E-state index in [-0.39, 0.29) is 0 Å². The molecule has 1 N–H and O–H groups in total. The zero-order chi connectivity index (χ0) is 25.4. The summed E-state index contributed by atoms with van der Waals surface area (Å²) < 4.78 is 0. The molecule has 0 aliphatic heterocycles. The minimum atomic E-state index is -0.662. The third kappa shape index (κ3) is 37.4. The van der Waals surface area contributed by atoms with Crippen LogP contribution in [0.25, 0.3) is 0 Å². The van der Waals surface area contributed by atoms with Gasteiger partial charge in [-0.25, -0.2) is 0 Å². The first kappa shape index (κ1) is 34.3. The first-order chi connectivity index (χ1) is 16.7. The number of aldehydes is 1. The maximum Gasteiger partial charge on any atom is 0.303 e. The fourth-order valence-corrected chi connectivity index (χ4v) is 3.49. The lowest BCUT2D eigenvalue weighted by molar-refractivity contribution is -0.137. The van der Waals surface area contributed by atoms with Crippen LogP contribution in [-0.4, -0.2) is 17.4 Å². The van der Waals surface area contributed by atoms with Gasteiger partial charge in [-0.2, -0.15) is 0 Å². The fourth-order valence-electron chi connectivity index (χ4n) is 3.49. The third-order valence-electron chi connectivity index (χ3n) is 5.52. The molecule has 0 saturated carbocycles. The van der Waals surface area contributed by atoms with E-state index in [1.54, 1.807) is 0 Å². The minimum absolute atomic E-state index is 0.337. The number of carboxylic acid groups (broad SMARTS) is 1. The molecule has 0 aromatic heterocycles. The molecule has 3 nitrogen and oxygen atoms in total. The summed E-state index contributed by atoms with van der Waals surface area (Å²) in [6, 6.07) is 0. The lowest BCUT2D eigenvalue weighted by atomic mass is 10.1. The van der Waals surface area contributed by atoms with Gasteiger partial charge in [0, 0.05) is 12.8 Å². The Balaban J connectivity index is 0. The van der Waals surface area contributed by atoms with Crippen molar-refractivity contribution < 1.29 is 14.7 Å². The largest absolute Gasteiger partial charge is 0.481 e. The molecule has 0 amide bonds. The van der Waals surface area contributed by atoms with Gasteiger partial charge in [0.15, 0.2) is 0 Å². The zero-order valence-electron chi connectivity index (χ0n) is 22.4. The predicted molar refractivity (Wildman–Crippen MR) is 149 cm³/mol.